The van der Waals surface area contributed by atoms with Gasteiger partial charge in [0.2, 0.25) is 0 Å². The van der Waals surface area contributed by atoms with Crippen LogP contribution in [-0.2, 0) is 17.8 Å². The van der Waals surface area contributed by atoms with Crippen LogP contribution in [0.2, 0.25) is 0 Å². The van der Waals surface area contributed by atoms with E-state index in [0.29, 0.717) is 5.69 Å². The minimum absolute atomic E-state index is 0.0146. The van der Waals surface area contributed by atoms with Gasteiger partial charge in [-0.2, -0.15) is 0 Å². The zero-order valence-corrected chi connectivity index (χ0v) is 15.3. The van der Waals surface area contributed by atoms with Gasteiger partial charge in [0.25, 0.3) is 5.91 Å². The van der Waals surface area contributed by atoms with Crippen LogP contribution in [-0.4, -0.2) is 28.0 Å². The number of ketones is 1. The van der Waals surface area contributed by atoms with E-state index in [1.165, 1.54) is 18.2 Å². The standard InChI is InChI=1S/C19H17F4N3O3/c1-10-7-13(26-16(25-10)8-14(27)11-5-6-11)18(28)24-9-12-3-2-4-15(17(12)20)29-19(21,22)23/h2-4,7,11H,5-6,8-9H2,1H3,(H,24,28). The first-order chi connectivity index (χ1) is 13.6. The van der Waals surface area contributed by atoms with Crippen LogP contribution in [0.5, 0.6) is 5.75 Å². The van der Waals surface area contributed by atoms with Gasteiger partial charge in [0.1, 0.15) is 17.3 Å². The molecule has 6 nitrogen and oxygen atoms in total. The normalized spacial score (nSPS) is 13.8. The molecule has 0 spiro atoms. The first-order valence-electron chi connectivity index (χ1n) is 8.81. The number of nitrogens with zero attached hydrogens (tertiary/aromatic N) is 2. The fourth-order valence-corrected chi connectivity index (χ4v) is 2.69. The van der Waals surface area contributed by atoms with Gasteiger partial charge < -0.3 is 10.1 Å². The van der Waals surface area contributed by atoms with E-state index in [4.69, 9.17) is 0 Å². The van der Waals surface area contributed by atoms with Crippen molar-refractivity contribution in [3.05, 3.63) is 52.9 Å². The second kappa shape index (κ2) is 8.14. The van der Waals surface area contributed by atoms with Crippen molar-refractivity contribution in [2.45, 2.75) is 39.1 Å². The van der Waals surface area contributed by atoms with Gasteiger partial charge in [-0.1, -0.05) is 12.1 Å². The number of halogens is 4. The van der Waals surface area contributed by atoms with E-state index < -0.39 is 23.8 Å². The molecule has 1 aliphatic rings. The second-order valence-electron chi connectivity index (χ2n) is 6.69. The summed E-state index contributed by atoms with van der Waals surface area (Å²) in [6.45, 7) is 1.26. The molecule has 3 rings (SSSR count). The topological polar surface area (TPSA) is 81.2 Å². The molecule has 1 aromatic carbocycles. The van der Waals surface area contributed by atoms with Crippen molar-refractivity contribution in [1.29, 1.82) is 0 Å². The zero-order valence-electron chi connectivity index (χ0n) is 15.3. The molecular weight excluding hydrogens is 394 g/mol. The van der Waals surface area contributed by atoms with Crippen molar-refractivity contribution >= 4 is 11.7 Å². The van der Waals surface area contributed by atoms with E-state index >= 15 is 0 Å². The molecule has 1 fully saturated rings. The van der Waals surface area contributed by atoms with Gasteiger partial charge in [0, 0.05) is 23.7 Å². The van der Waals surface area contributed by atoms with Gasteiger partial charge in [-0.3, -0.25) is 9.59 Å². The Labute approximate surface area is 163 Å². The van der Waals surface area contributed by atoms with E-state index in [-0.39, 0.29) is 41.7 Å². The van der Waals surface area contributed by atoms with Crippen molar-refractivity contribution in [1.82, 2.24) is 15.3 Å². The monoisotopic (exact) mass is 411 g/mol. The van der Waals surface area contributed by atoms with Crippen molar-refractivity contribution in [2.75, 3.05) is 0 Å². The molecule has 1 N–H and O–H groups in total. The molecule has 0 aliphatic heterocycles. The summed E-state index contributed by atoms with van der Waals surface area (Å²) in [4.78, 5) is 32.5. The predicted octanol–water partition coefficient (Wildman–Crippen LogP) is 3.27. The molecule has 0 unspecified atom stereocenters. The highest BCUT2D eigenvalue weighted by atomic mass is 19.4. The summed E-state index contributed by atoms with van der Waals surface area (Å²) in [5.74, 6) is -2.60. The van der Waals surface area contributed by atoms with E-state index in [1.54, 1.807) is 6.92 Å². The third-order valence-corrected chi connectivity index (χ3v) is 4.21. The number of rotatable bonds is 7. The SMILES string of the molecule is Cc1cc(C(=O)NCc2cccc(OC(F)(F)F)c2F)nc(CC(=O)C2CC2)n1. The van der Waals surface area contributed by atoms with Gasteiger partial charge in [0.05, 0.1) is 6.42 Å². The Balaban J connectivity index is 1.68. The molecule has 0 bridgehead atoms. The Morgan fingerprint density at radius 3 is 2.62 bits per heavy atom. The van der Waals surface area contributed by atoms with E-state index in [1.807, 2.05) is 0 Å². The summed E-state index contributed by atoms with van der Waals surface area (Å²) in [6, 6.07) is 4.65. The molecule has 154 valence electrons. The number of carbonyl (C=O) groups excluding carboxylic acids is 2. The Bertz CT molecular complexity index is 943. The van der Waals surface area contributed by atoms with E-state index in [9.17, 15) is 27.2 Å². The fraction of sp³-hybridized carbons (Fsp3) is 0.368. The van der Waals surface area contributed by atoms with Gasteiger partial charge >= 0.3 is 6.36 Å². The number of ether oxygens (including phenoxy) is 1. The highest BCUT2D eigenvalue weighted by Crippen LogP contribution is 2.30. The average molecular weight is 411 g/mol. The van der Waals surface area contributed by atoms with Crippen molar-refractivity contribution < 1.29 is 31.9 Å². The molecule has 0 saturated heterocycles. The average Bonchev–Trinajstić information content (AvgIpc) is 3.46. The Morgan fingerprint density at radius 2 is 1.97 bits per heavy atom. The molecule has 10 heteroatoms. The maximum absolute atomic E-state index is 14.2. The molecule has 1 aromatic heterocycles. The maximum Gasteiger partial charge on any atom is 0.573 e. The summed E-state index contributed by atoms with van der Waals surface area (Å²) >= 11 is 0. The minimum atomic E-state index is -5.03. The van der Waals surface area contributed by atoms with Crippen molar-refractivity contribution in [3.8, 4) is 5.75 Å². The first kappa shape index (κ1) is 20.7. The summed E-state index contributed by atoms with van der Waals surface area (Å²) in [7, 11) is 0. The lowest BCUT2D eigenvalue weighted by Gasteiger charge is -2.12. The molecule has 2 aromatic rings. The molecule has 1 amide bonds. The number of alkyl halides is 3. The van der Waals surface area contributed by atoms with Crippen LogP contribution in [0.4, 0.5) is 17.6 Å². The number of carbonyl (C=O) groups is 2. The van der Waals surface area contributed by atoms with Crippen LogP contribution in [0.15, 0.2) is 24.3 Å². The molecule has 1 heterocycles. The Morgan fingerprint density at radius 1 is 1.24 bits per heavy atom. The number of Topliss-reactive ketones (excluding diaryl/α,β-unsaturated/α-hetero) is 1. The molecule has 0 atom stereocenters. The predicted molar refractivity (Wildman–Crippen MR) is 92.5 cm³/mol. The zero-order chi connectivity index (χ0) is 21.2. The summed E-state index contributed by atoms with van der Waals surface area (Å²) in [6.07, 6.45) is -3.31. The molecular formula is C19H17F4N3O3. The lowest BCUT2D eigenvalue weighted by atomic mass is 10.1. The Kier molecular flexibility index (Phi) is 5.81. The highest BCUT2D eigenvalue weighted by Gasteiger charge is 2.33. The second-order valence-corrected chi connectivity index (χ2v) is 6.69. The summed E-state index contributed by atoms with van der Waals surface area (Å²) in [5, 5.41) is 2.40. The van der Waals surface area contributed by atoms with Gasteiger partial charge in [-0.05, 0) is 31.9 Å². The molecule has 0 radical (unpaired) electrons. The lowest BCUT2D eigenvalue weighted by Crippen LogP contribution is -2.26. The van der Waals surface area contributed by atoms with Crippen LogP contribution in [0.25, 0.3) is 0 Å². The maximum atomic E-state index is 14.2. The first-order valence-corrected chi connectivity index (χ1v) is 8.81. The molecule has 1 aliphatic carbocycles. The number of nitrogens with one attached hydrogen (secondary N) is 1. The van der Waals surface area contributed by atoms with E-state index in [0.717, 1.165) is 18.9 Å². The fourth-order valence-electron chi connectivity index (χ4n) is 2.69. The van der Waals surface area contributed by atoms with Crippen LogP contribution < -0.4 is 10.1 Å². The van der Waals surface area contributed by atoms with Gasteiger partial charge in [-0.25, -0.2) is 14.4 Å². The number of hydrogen-bond acceptors (Lipinski definition) is 5. The van der Waals surface area contributed by atoms with Crippen LogP contribution in [0.1, 0.15) is 40.4 Å². The summed E-state index contributed by atoms with van der Waals surface area (Å²) < 4.78 is 54.7. The van der Waals surface area contributed by atoms with Crippen LogP contribution in [0, 0.1) is 18.7 Å². The van der Waals surface area contributed by atoms with Crippen LogP contribution in [0.3, 0.4) is 0 Å². The van der Waals surface area contributed by atoms with E-state index in [2.05, 4.69) is 20.0 Å². The smallest absolute Gasteiger partial charge is 0.403 e. The number of aryl methyl sites for hydroxylation is 1. The van der Waals surface area contributed by atoms with Crippen LogP contribution >= 0.6 is 0 Å². The number of aromatic nitrogens is 2. The number of benzene rings is 1. The quantitative estimate of drug-likeness (QED) is 0.708. The Hall–Kier alpha value is -3.04. The van der Waals surface area contributed by atoms with Crippen molar-refractivity contribution in [2.24, 2.45) is 5.92 Å². The highest BCUT2D eigenvalue weighted by molar-refractivity contribution is 5.92. The molecule has 1 saturated carbocycles. The lowest BCUT2D eigenvalue weighted by molar-refractivity contribution is -0.275. The van der Waals surface area contributed by atoms with Gasteiger partial charge in [0.15, 0.2) is 11.6 Å². The number of hydrogen-bond donors (Lipinski definition) is 1. The minimum Gasteiger partial charge on any atom is -0.403 e. The third kappa shape index (κ3) is 5.72. The van der Waals surface area contributed by atoms with Crippen molar-refractivity contribution in [3.63, 3.8) is 0 Å². The largest absolute Gasteiger partial charge is 0.573 e. The third-order valence-electron chi connectivity index (χ3n) is 4.21. The van der Waals surface area contributed by atoms with Gasteiger partial charge in [-0.15, -0.1) is 13.2 Å². The number of amides is 1. The molecule has 29 heavy (non-hydrogen) atoms. The summed E-state index contributed by atoms with van der Waals surface area (Å²) in [5.41, 5.74) is 0.282.